The third kappa shape index (κ3) is 10.6. The Hall–Kier alpha value is -4.70. The second-order valence-electron chi connectivity index (χ2n) is 8.91. The first-order valence-electron chi connectivity index (χ1n) is 12.3. The predicted octanol–water partition coefficient (Wildman–Crippen LogP) is -3.19. The largest absolute Gasteiger partial charge is 0.508 e. The minimum Gasteiger partial charge on any atom is -0.508 e. The highest BCUT2D eigenvalue weighted by atomic mass is 16.4. The smallest absolute Gasteiger partial charge is 0.326 e. The number of carboxylic acids is 1. The summed E-state index contributed by atoms with van der Waals surface area (Å²) in [5.74, 6) is -3.82. The van der Waals surface area contributed by atoms with Gasteiger partial charge in [-0.2, -0.15) is 0 Å². The van der Waals surface area contributed by atoms with Crippen LogP contribution in [0.2, 0.25) is 0 Å². The van der Waals surface area contributed by atoms with Crippen LogP contribution in [-0.2, 0) is 32.0 Å². The summed E-state index contributed by atoms with van der Waals surface area (Å²) < 4.78 is 0. The normalized spacial score (nSPS) is 13.8. The molecule has 16 heteroatoms. The molecule has 0 aliphatic rings. The number of aliphatic carboxylic acids is 1. The number of carboxylic acid groups (broad SMARTS) is 1. The Morgan fingerprint density at radius 1 is 0.950 bits per heavy atom. The van der Waals surface area contributed by atoms with Crippen LogP contribution in [0, 0.1) is 0 Å². The second-order valence-corrected chi connectivity index (χ2v) is 8.91. The second kappa shape index (κ2) is 15.6. The van der Waals surface area contributed by atoms with Gasteiger partial charge in [-0.15, -0.1) is 0 Å². The molecule has 2 aromatic rings. The molecule has 0 saturated heterocycles. The maximum atomic E-state index is 13.3. The number of aromatic amines is 1. The molecule has 0 fully saturated rings. The standard InChI is InChI=1S/C24H35N9O7/c25-16(11-34)20(36)32-18(9-14-10-28-12-30-14)22(38)31-17(2-1-7-29-24(26)27)21(37)33-19(23(39)40)8-13-3-5-15(35)6-4-13/h3-6,10,12,16-19,34-35H,1-2,7-9,11,25H2,(H,28,30)(H,31,38)(H,32,36)(H,33,37)(H,39,40)(H4,26,27,29). The van der Waals surface area contributed by atoms with E-state index in [-0.39, 0.29) is 43.9 Å². The highest BCUT2D eigenvalue weighted by molar-refractivity contribution is 5.94. The quantitative estimate of drug-likeness (QED) is 0.0553. The summed E-state index contributed by atoms with van der Waals surface area (Å²) in [6.45, 7) is -0.519. The van der Waals surface area contributed by atoms with Crippen LogP contribution in [0.4, 0.5) is 0 Å². The molecule has 0 aliphatic heterocycles. The van der Waals surface area contributed by atoms with Crippen LogP contribution in [0.3, 0.4) is 0 Å². The Labute approximate surface area is 229 Å². The van der Waals surface area contributed by atoms with Gasteiger partial charge in [-0.05, 0) is 30.5 Å². The highest BCUT2D eigenvalue weighted by Gasteiger charge is 2.30. The number of carbonyl (C=O) groups excluding carboxylic acids is 3. The number of nitrogens with one attached hydrogen (secondary N) is 4. The molecule has 4 atom stereocenters. The number of aliphatic hydroxyl groups excluding tert-OH is 1. The van der Waals surface area contributed by atoms with E-state index in [4.69, 9.17) is 17.2 Å². The number of aliphatic hydroxyl groups is 1. The van der Waals surface area contributed by atoms with E-state index < -0.39 is 54.5 Å². The van der Waals surface area contributed by atoms with Crippen molar-refractivity contribution < 1.29 is 34.5 Å². The molecule has 4 unspecified atom stereocenters. The third-order valence-corrected chi connectivity index (χ3v) is 5.71. The molecule has 1 aromatic heterocycles. The van der Waals surface area contributed by atoms with E-state index >= 15 is 0 Å². The number of phenolic OH excluding ortho intramolecular Hbond substituents is 1. The van der Waals surface area contributed by atoms with Crippen molar-refractivity contribution in [2.24, 2.45) is 22.2 Å². The number of amides is 3. The average Bonchev–Trinajstić information content (AvgIpc) is 3.43. The van der Waals surface area contributed by atoms with Crippen LogP contribution < -0.4 is 33.2 Å². The van der Waals surface area contributed by atoms with E-state index in [1.807, 2.05) is 0 Å². The number of carbonyl (C=O) groups is 4. The SMILES string of the molecule is NC(N)=NCCCC(NC(=O)C(Cc1cnc[nH]1)NC(=O)C(N)CO)C(=O)NC(Cc1ccc(O)cc1)C(=O)O. The number of nitrogens with two attached hydrogens (primary N) is 3. The Morgan fingerprint density at radius 3 is 2.15 bits per heavy atom. The van der Waals surface area contributed by atoms with Gasteiger partial charge in [-0.25, -0.2) is 9.78 Å². The van der Waals surface area contributed by atoms with Crippen LogP contribution >= 0.6 is 0 Å². The first-order valence-corrected chi connectivity index (χ1v) is 12.3. The van der Waals surface area contributed by atoms with Crippen molar-refractivity contribution in [2.75, 3.05) is 13.2 Å². The molecule has 16 nitrogen and oxygen atoms in total. The number of hydrogen-bond donors (Lipinski definition) is 10. The molecule has 0 radical (unpaired) electrons. The number of benzene rings is 1. The number of aliphatic imine (C=N–C) groups is 1. The van der Waals surface area contributed by atoms with Gasteiger partial charge in [0.15, 0.2) is 5.96 Å². The fraction of sp³-hybridized carbons (Fsp3) is 0.417. The van der Waals surface area contributed by atoms with Gasteiger partial charge >= 0.3 is 5.97 Å². The lowest BCUT2D eigenvalue weighted by atomic mass is 10.0. The zero-order valence-corrected chi connectivity index (χ0v) is 21.6. The van der Waals surface area contributed by atoms with Crippen LogP contribution in [0.25, 0.3) is 0 Å². The van der Waals surface area contributed by atoms with Crippen LogP contribution in [0.5, 0.6) is 5.75 Å². The Morgan fingerprint density at radius 2 is 1.57 bits per heavy atom. The van der Waals surface area contributed by atoms with Crippen LogP contribution in [0.1, 0.15) is 24.1 Å². The van der Waals surface area contributed by atoms with E-state index in [0.29, 0.717) is 11.3 Å². The molecular weight excluding hydrogens is 526 g/mol. The first-order chi connectivity index (χ1) is 19.0. The summed E-state index contributed by atoms with van der Waals surface area (Å²) in [5, 5.41) is 35.8. The van der Waals surface area contributed by atoms with Gasteiger partial charge in [0.1, 0.15) is 29.9 Å². The molecule has 3 amide bonds. The zero-order valence-electron chi connectivity index (χ0n) is 21.6. The molecule has 0 spiro atoms. The third-order valence-electron chi connectivity index (χ3n) is 5.71. The van der Waals surface area contributed by atoms with Gasteiger partial charge in [0, 0.05) is 31.3 Å². The van der Waals surface area contributed by atoms with E-state index in [2.05, 4.69) is 30.9 Å². The van der Waals surface area contributed by atoms with E-state index in [1.54, 1.807) is 0 Å². The number of aromatic hydroxyl groups is 1. The van der Waals surface area contributed by atoms with E-state index in [9.17, 15) is 34.5 Å². The Kier molecular flexibility index (Phi) is 12.3. The van der Waals surface area contributed by atoms with Crippen molar-refractivity contribution in [3.63, 3.8) is 0 Å². The predicted molar refractivity (Wildman–Crippen MR) is 143 cm³/mol. The molecule has 2 rings (SSSR count). The topological polar surface area (TPSA) is 284 Å². The zero-order chi connectivity index (χ0) is 29.7. The van der Waals surface area contributed by atoms with Crippen molar-refractivity contribution in [3.05, 3.63) is 48.0 Å². The molecule has 218 valence electrons. The summed E-state index contributed by atoms with van der Waals surface area (Å²) in [5.41, 5.74) is 17.3. The molecule has 0 bridgehead atoms. The van der Waals surface area contributed by atoms with Crippen molar-refractivity contribution >= 4 is 29.7 Å². The van der Waals surface area contributed by atoms with Gasteiger partial charge in [0.05, 0.1) is 12.9 Å². The number of rotatable bonds is 16. The number of imidazole rings is 1. The maximum Gasteiger partial charge on any atom is 0.326 e. The number of aromatic nitrogens is 2. The molecule has 1 heterocycles. The average molecular weight is 562 g/mol. The number of hydrogen-bond acceptors (Lipinski definition) is 9. The van der Waals surface area contributed by atoms with Gasteiger partial charge in [-0.1, -0.05) is 12.1 Å². The Bertz CT molecular complexity index is 1150. The summed E-state index contributed by atoms with van der Waals surface area (Å²) >= 11 is 0. The molecule has 0 aliphatic carbocycles. The fourth-order valence-electron chi connectivity index (χ4n) is 3.57. The first kappa shape index (κ1) is 31.5. The lowest BCUT2D eigenvalue weighted by molar-refractivity contribution is -0.142. The molecule has 40 heavy (non-hydrogen) atoms. The van der Waals surface area contributed by atoms with Crippen molar-refractivity contribution in [2.45, 2.75) is 49.9 Å². The Balaban J connectivity index is 2.22. The lowest BCUT2D eigenvalue weighted by Crippen LogP contribution is -2.58. The van der Waals surface area contributed by atoms with Gasteiger partial charge < -0.3 is 53.5 Å². The van der Waals surface area contributed by atoms with Crippen LogP contribution in [0.15, 0.2) is 41.8 Å². The van der Waals surface area contributed by atoms with Crippen molar-refractivity contribution in [1.82, 2.24) is 25.9 Å². The molecule has 1 aromatic carbocycles. The van der Waals surface area contributed by atoms with E-state index in [1.165, 1.54) is 36.8 Å². The lowest BCUT2D eigenvalue weighted by Gasteiger charge is -2.25. The van der Waals surface area contributed by atoms with Crippen molar-refractivity contribution in [3.8, 4) is 5.75 Å². The monoisotopic (exact) mass is 561 g/mol. The minimum atomic E-state index is -1.35. The molecule has 13 N–H and O–H groups in total. The van der Waals surface area contributed by atoms with Gasteiger partial charge in [0.2, 0.25) is 17.7 Å². The number of guanidine groups is 1. The fourth-order valence-corrected chi connectivity index (χ4v) is 3.57. The number of nitrogens with zero attached hydrogens (tertiary/aromatic N) is 2. The van der Waals surface area contributed by atoms with Gasteiger partial charge in [-0.3, -0.25) is 19.4 Å². The maximum absolute atomic E-state index is 13.3. The molecule has 0 saturated carbocycles. The summed E-state index contributed by atoms with van der Waals surface area (Å²) in [6.07, 6.45) is 2.97. The number of phenols is 1. The summed E-state index contributed by atoms with van der Waals surface area (Å²) in [6, 6.07) is 0.738. The van der Waals surface area contributed by atoms with Crippen molar-refractivity contribution in [1.29, 1.82) is 0 Å². The molecular formula is C24H35N9O7. The van der Waals surface area contributed by atoms with Gasteiger partial charge in [0.25, 0.3) is 0 Å². The van der Waals surface area contributed by atoms with E-state index in [0.717, 1.165) is 0 Å². The minimum absolute atomic E-state index is 0.0000631. The summed E-state index contributed by atoms with van der Waals surface area (Å²) in [4.78, 5) is 61.2. The number of H-pyrrole nitrogens is 1. The summed E-state index contributed by atoms with van der Waals surface area (Å²) in [7, 11) is 0. The van der Waals surface area contributed by atoms with Crippen LogP contribution in [-0.4, -0.2) is 92.3 Å². The highest BCUT2D eigenvalue weighted by Crippen LogP contribution is 2.12.